The molecule has 0 aromatic heterocycles. The number of nitrogens with zero attached hydrogens (tertiary/aromatic N) is 1. The maximum Gasteiger partial charge on any atom is 0.254 e. The van der Waals surface area contributed by atoms with E-state index in [-0.39, 0.29) is 18.7 Å². The van der Waals surface area contributed by atoms with E-state index in [1.807, 2.05) is 30.3 Å². The number of carbonyl (C=O) groups excluding carboxylic acids is 1. The predicted octanol–water partition coefficient (Wildman–Crippen LogP) is 5.04. The lowest BCUT2D eigenvalue weighted by Crippen LogP contribution is -2.51. The van der Waals surface area contributed by atoms with E-state index in [4.69, 9.17) is 9.47 Å². The first-order valence-corrected chi connectivity index (χ1v) is 12.1. The Kier molecular flexibility index (Phi) is 6.54. The summed E-state index contributed by atoms with van der Waals surface area (Å²) < 4.78 is 11.2. The molecule has 2 atom stereocenters. The molecule has 0 saturated carbocycles. The quantitative estimate of drug-likeness (QED) is 0.565. The molecule has 2 heterocycles. The van der Waals surface area contributed by atoms with Gasteiger partial charge in [0, 0.05) is 36.3 Å². The third kappa shape index (κ3) is 4.95. The lowest BCUT2D eigenvalue weighted by molar-refractivity contribution is 0.0576. The number of piperidine rings is 1. The topological polar surface area (TPSA) is 50.8 Å². The van der Waals surface area contributed by atoms with Gasteiger partial charge in [0.05, 0.1) is 0 Å². The Balaban J connectivity index is 1.32. The number of hydrogen-bond donors (Lipinski definition) is 1. The molecule has 0 bridgehead atoms. The molecule has 0 spiro atoms. The minimum Gasteiger partial charge on any atom is -0.454 e. The van der Waals surface area contributed by atoms with Gasteiger partial charge in [-0.1, -0.05) is 59.7 Å². The zero-order chi connectivity index (χ0) is 23.5. The smallest absolute Gasteiger partial charge is 0.254 e. The average molecular weight is 457 g/mol. The number of carbonyl (C=O) groups is 1. The van der Waals surface area contributed by atoms with Gasteiger partial charge in [-0.3, -0.25) is 4.79 Å². The molecule has 5 heteroatoms. The van der Waals surface area contributed by atoms with Crippen LogP contribution in [0.15, 0.2) is 66.7 Å². The molecule has 0 aliphatic carbocycles. The van der Waals surface area contributed by atoms with Crippen LogP contribution in [0, 0.1) is 13.8 Å². The third-order valence-electron chi connectivity index (χ3n) is 6.82. The molecule has 1 N–H and O–H groups in total. The number of rotatable bonds is 6. The van der Waals surface area contributed by atoms with Crippen LogP contribution in [0.1, 0.15) is 45.5 Å². The second kappa shape index (κ2) is 9.90. The van der Waals surface area contributed by atoms with Gasteiger partial charge in [0.25, 0.3) is 5.91 Å². The highest BCUT2D eigenvalue weighted by molar-refractivity contribution is 5.95. The van der Waals surface area contributed by atoms with Crippen LogP contribution in [0.25, 0.3) is 0 Å². The monoisotopic (exact) mass is 456 g/mol. The molecule has 1 fully saturated rings. The number of para-hydroxylation sites is 1. The second-order valence-electron chi connectivity index (χ2n) is 9.47. The number of nitrogens with one attached hydrogen (secondary N) is 1. The van der Waals surface area contributed by atoms with Crippen molar-refractivity contribution in [2.75, 3.05) is 13.3 Å². The van der Waals surface area contributed by atoms with Gasteiger partial charge < -0.3 is 19.7 Å². The number of hydrogen-bond acceptors (Lipinski definition) is 4. The molecule has 1 amide bonds. The summed E-state index contributed by atoms with van der Waals surface area (Å²) in [6.07, 6.45) is 2.69. The van der Waals surface area contributed by atoms with Gasteiger partial charge in [0.1, 0.15) is 0 Å². The summed E-state index contributed by atoms with van der Waals surface area (Å²) in [6.45, 7) is 5.85. The number of amides is 1. The fraction of sp³-hybridized carbons (Fsp3) is 0.345. The molecule has 5 rings (SSSR count). The van der Waals surface area contributed by atoms with Gasteiger partial charge in [0.15, 0.2) is 11.5 Å². The highest BCUT2D eigenvalue weighted by Crippen LogP contribution is 2.35. The molecule has 1 saturated heterocycles. The molecule has 5 nitrogen and oxygen atoms in total. The summed E-state index contributed by atoms with van der Waals surface area (Å²) in [5.41, 5.74) is 5.42. The maximum absolute atomic E-state index is 13.6. The van der Waals surface area contributed by atoms with E-state index in [1.165, 1.54) is 5.56 Å². The van der Waals surface area contributed by atoms with Crippen LogP contribution >= 0.6 is 0 Å². The van der Waals surface area contributed by atoms with Gasteiger partial charge in [-0.25, -0.2) is 0 Å². The summed E-state index contributed by atoms with van der Waals surface area (Å²) in [7, 11) is 0. The Morgan fingerprint density at radius 3 is 2.59 bits per heavy atom. The highest BCUT2D eigenvalue weighted by Gasteiger charge is 2.32. The molecule has 34 heavy (non-hydrogen) atoms. The zero-order valence-corrected chi connectivity index (χ0v) is 19.9. The number of likely N-dealkylation sites (tertiary alicyclic amines) is 1. The Hall–Kier alpha value is -3.31. The van der Waals surface area contributed by atoms with Gasteiger partial charge in [-0.05, 0) is 56.9 Å². The van der Waals surface area contributed by atoms with Crippen molar-refractivity contribution in [1.29, 1.82) is 0 Å². The first-order chi connectivity index (χ1) is 16.6. The largest absolute Gasteiger partial charge is 0.454 e. The Morgan fingerprint density at radius 1 is 1.00 bits per heavy atom. The molecule has 0 unspecified atom stereocenters. The highest BCUT2D eigenvalue weighted by atomic mass is 16.7. The van der Waals surface area contributed by atoms with Crippen molar-refractivity contribution < 1.29 is 14.3 Å². The van der Waals surface area contributed by atoms with E-state index in [9.17, 15) is 4.79 Å². The minimum atomic E-state index is 0.137. The Morgan fingerprint density at radius 2 is 1.79 bits per heavy atom. The molecule has 2 aliphatic rings. The van der Waals surface area contributed by atoms with Crippen molar-refractivity contribution >= 4 is 5.91 Å². The normalized spacial score (nSPS) is 19.3. The number of aryl methyl sites for hydroxylation is 2. The van der Waals surface area contributed by atoms with Crippen LogP contribution in [0.2, 0.25) is 0 Å². The van der Waals surface area contributed by atoms with Crippen molar-refractivity contribution in [3.05, 3.63) is 94.5 Å². The SMILES string of the molecule is Cc1cc(C)cc(C(=O)N2CC[C@H](NCc3cccc4c3OCO4)C[C@@H]2Cc2ccccc2)c1. The molecular weight excluding hydrogens is 424 g/mol. The summed E-state index contributed by atoms with van der Waals surface area (Å²) in [4.78, 5) is 15.7. The van der Waals surface area contributed by atoms with Crippen LogP contribution in [-0.4, -0.2) is 36.2 Å². The van der Waals surface area contributed by atoms with Crippen LogP contribution in [0.5, 0.6) is 11.5 Å². The van der Waals surface area contributed by atoms with Gasteiger partial charge >= 0.3 is 0 Å². The van der Waals surface area contributed by atoms with Crippen molar-refractivity contribution in [2.45, 2.75) is 51.7 Å². The van der Waals surface area contributed by atoms with Crippen LogP contribution in [0.4, 0.5) is 0 Å². The van der Waals surface area contributed by atoms with Crippen LogP contribution in [0.3, 0.4) is 0 Å². The average Bonchev–Trinajstić information content (AvgIpc) is 3.32. The molecule has 176 valence electrons. The number of benzene rings is 3. The molecule has 0 radical (unpaired) electrons. The fourth-order valence-electron chi connectivity index (χ4n) is 5.23. The summed E-state index contributed by atoms with van der Waals surface area (Å²) in [5.74, 6) is 1.80. The van der Waals surface area contributed by atoms with E-state index in [0.717, 1.165) is 66.1 Å². The first kappa shape index (κ1) is 22.5. The number of fused-ring (bicyclic) bond motifs is 1. The van der Waals surface area contributed by atoms with E-state index in [1.54, 1.807) is 0 Å². The maximum atomic E-state index is 13.6. The first-order valence-electron chi connectivity index (χ1n) is 12.1. The van der Waals surface area contributed by atoms with E-state index >= 15 is 0 Å². The zero-order valence-electron chi connectivity index (χ0n) is 19.9. The lowest BCUT2D eigenvalue weighted by Gasteiger charge is -2.40. The number of ether oxygens (including phenoxy) is 2. The molecule has 2 aliphatic heterocycles. The van der Waals surface area contributed by atoms with E-state index in [2.05, 4.69) is 60.5 Å². The van der Waals surface area contributed by atoms with Crippen molar-refractivity contribution in [1.82, 2.24) is 10.2 Å². The van der Waals surface area contributed by atoms with Crippen molar-refractivity contribution in [3.63, 3.8) is 0 Å². The summed E-state index contributed by atoms with van der Waals surface area (Å²) in [6, 6.07) is 23.1. The van der Waals surface area contributed by atoms with E-state index in [0.29, 0.717) is 6.04 Å². The van der Waals surface area contributed by atoms with Crippen molar-refractivity contribution in [2.24, 2.45) is 0 Å². The second-order valence-corrected chi connectivity index (χ2v) is 9.47. The standard InChI is InChI=1S/C29H32N2O3/c1-20-13-21(2)15-24(14-20)29(32)31-12-11-25(17-26(31)16-22-7-4-3-5-8-22)30-18-23-9-6-10-27-28(23)34-19-33-27/h3-10,13-15,25-26,30H,11-12,16-19H2,1-2H3/t25-,26-/m0/s1. The van der Waals surface area contributed by atoms with Gasteiger partial charge in [0.2, 0.25) is 6.79 Å². The third-order valence-corrected chi connectivity index (χ3v) is 6.82. The fourth-order valence-corrected chi connectivity index (χ4v) is 5.23. The van der Waals surface area contributed by atoms with Crippen molar-refractivity contribution in [3.8, 4) is 11.5 Å². The van der Waals surface area contributed by atoms with Gasteiger partial charge in [-0.15, -0.1) is 0 Å². The summed E-state index contributed by atoms with van der Waals surface area (Å²) >= 11 is 0. The molecule has 3 aromatic rings. The van der Waals surface area contributed by atoms with Crippen LogP contribution < -0.4 is 14.8 Å². The lowest BCUT2D eigenvalue weighted by atomic mass is 9.91. The molecular formula is C29H32N2O3. The minimum absolute atomic E-state index is 0.137. The van der Waals surface area contributed by atoms with Crippen LogP contribution in [-0.2, 0) is 13.0 Å². The molecule has 3 aromatic carbocycles. The van der Waals surface area contributed by atoms with Gasteiger partial charge in [-0.2, -0.15) is 0 Å². The summed E-state index contributed by atoms with van der Waals surface area (Å²) in [5, 5.41) is 3.73. The Bertz CT molecular complexity index is 1140. The Labute approximate surface area is 201 Å². The van der Waals surface area contributed by atoms with E-state index < -0.39 is 0 Å². The predicted molar refractivity (Wildman–Crippen MR) is 133 cm³/mol.